The molecule has 2 N–H and O–H groups in total. The Kier molecular flexibility index (Phi) is 6.59. The molecule has 3 aromatic carbocycles. The fourth-order valence-corrected chi connectivity index (χ4v) is 3.06. The number of amides is 2. The Labute approximate surface area is 172 Å². The molecule has 0 saturated heterocycles. The van der Waals surface area contributed by atoms with Crippen molar-refractivity contribution in [1.82, 2.24) is 5.32 Å². The molecule has 0 radical (unpaired) electrons. The van der Waals surface area contributed by atoms with Crippen molar-refractivity contribution in [3.63, 3.8) is 0 Å². The first-order chi connectivity index (χ1) is 13.1. The molecule has 0 aromatic heterocycles. The Bertz CT molecular complexity index is 897. The van der Waals surface area contributed by atoms with Crippen LogP contribution in [0.15, 0.2) is 84.9 Å². The SMILES string of the molecule is O=C(C[C@@H](NC(=O)c1ccccc1)c1ccccc1)Nc1ccc(I)cc1. The van der Waals surface area contributed by atoms with Gasteiger partial charge in [0.15, 0.2) is 0 Å². The van der Waals surface area contributed by atoms with Gasteiger partial charge in [0.05, 0.1) is 12.5 Å². The smallest absolute Gasteiger partial charge is 0.251 e. The summed E-state index contributed by atoms with van der Waals surface area (Å²) >= 11 is 2.22. The van der Waals surface area contributed by atoms with Crippen molar-refractivity contribution in [3.05, 3.63) is 99.6 Å². The molecule has 3 aromatic rings. The first kappa shape index (κ1) is 19.1. The number of nitrogens with one attached hydrogen (secondary N) is 2. The van der Waals surface area contributed by atoms with Gasteiger partial charge in [-0.15, -0.1) is 0 Å². The Morgan fingerprint density at radius 2 is 1.41 bits per heavy atom. The van der Waals surface area contributed by atoms with Gasteiger partial charge in [-0.1, -0.05) is 48.5 Å². The molecule has 5 heteroatoms. The maximum Gasteiger partial charge on any atom is 0.251 e. The molecule has 0 spiro atoms. The van der Waals surface area contributed by atoms with Crippen LogP contribution in [0.3, 0.4) is 0 Å². The van der Waals surface area contributed by atoms with Crippen LogP contribution >= 0.6 is 22.6 Å². The molecule has 4 nitrogen and oxygen atoms in total. The minimum Gasteiger partial charge on any atom is -0.345 e. The summed E-state index contributed by atoms with van der Waals surface area (Å²) in [6, 6.07) is 25.7. The second-order valence-electron chi connectivity index (χ2n) is 6.06. The Morgan fingerprint density at radius 1 is 0.815 bits per heavy atom. The van der Waals surface area contributed by atoms with Gasteiger partial charge >= 0.3 is 0 Å². The number of carbonyl (C=O) groups excluding carboxylic acids is 2. The Balaban J connectivity index is 1.73. The van der Waals surface area contributed by atoms with Crippen LogP contribution in [0.4, 0.5) is 5.69 Å². The summed E-state index contributed by atoms with van der Waals surface area (Å²) < 4.78 is 1.10. The molecule has 2 amide bonds. The average Bonchev–Trinajstić information content (AvgIpc) is 2.70. The highest BCUT2D eigenvalue weighted by molar-refractivity contribution is 14.1. The summed E-state index contributed by atoms with van der Waals surface area (Å²) in [5.41, 5.74) is 2.19. The topological polar surface area (TPSA) is 58.2 Å². The summed E-state index contributed by atoms with van der Waals surface area (Å²) in [7, 11) is 0. The van der Waals surface area contributed by atoms with Gasteiger partial charge < -0.3 is 10.6 Å². The van der Waals surface area contributed by atoms with Crippen molar-refractivity contribution in [3.8, 4) is 0 Å². The van der Waals surface area contributed by atoms with Crippen LogP contribution in [-0.4, -0.2) is 11.8 Å². The molecule has 27 heavy (non-hydrogen) atoms. The van der Waals surface area contributed by atoms with E-state index in [4.69, 9.17) is 0 Å². The van der Waals surface area contributed by atoms with Crippen LogP contribution in [0.25, 0.3) is 0 Å². The molecule has 0 heterocycles. The average molecular weight is 470 g/mol. The molecule has 3 rings (SSSR count). The second-order valence-corrected chi connectivity index (χ2v) is 7.31. The first-order valence-electron chi connectivity index (χ1n) is 8.58. The van der Waals surface area contributed by atoms with Crippen molar-refractivity contribution in [2.45, 2.75) is 12.5 Å². The molecule has 0 aliphatic heterocycles. The monoisotopic (exact) mass is 470 g/mol. The molecule has 1 atom stereocenters. The molecular formula is C22H19IN2O2. The molecule has 0 bridgehead atoms. The van der Waals surface area contributed by atoms with E-state index in [0.29, 0.717) is 5.56 Å². The third-order valence-corrected chi connectivity index (χ3v) is 4.78. The standard InChI is InChI=1S/C22H19IN2O2/c23-18-11-13-19(14-12-18)24-21(26)15-20(16-7-3-1-4-8-16)25-22(27)17-9-5-2-6-10-17/h1-14,20H,15H2,(H,24,26)(H,25,27)/t20-/m1/s1. The van der Waals surface area contributed by atoms with Crippen molar-refractivity contribution < 1.29 is 9.59 Å². The van der Waals surface area contributed by atoms with Gasteiger partial charge in [0.1, 0.15) is 0 Å². The molecule has 0 unspecified atom stereocenters. The number of anilines is 1. The Morgan fingerprint density at radius 3 is 2.04 bits per heavy atom. The summed E-state index contributed by atoms with van der Waals surface area (Å²) in [5, 5.41) is 5.86. The van der Waals surface area contributed by atoms with E-state index in [9.17, 15) is 9.59 Å². The largest absolute Gasteiger partial charge is 0.345 e. The van der Waals surface area contributed by atoms with E-state index < -0.39 is 6.04 Å². The van der Waals surface area contributed by atoms with E-state index in [1.54, 1.807) is 12.1 Å². The highest BCUT2D eigenvalue weighted by Crippen LogP contribution is 2.19. The number of carbonyl (C=O) groups is 2. The van der Waals surface area contributed by atoms with Crippen molar-refractivity contribution in [2.75, 3.05) is 5.32 Å². The number of benzene rings is 3. The van der Waals surface area contributed by atoms with Crippen molar-refractivity contribution >= 4 is 40.1 Å². The quantitative estimate of drug-likeness (QED) is 0.509. The van der Waals surface area contributed by atoms with Crippen LogP contribution < -0.4 is 10.6 Å². The first-order valence-corrected chi connectivity index (χ1v) is 9.66. The van der Waals surface area contributed by atoms with Crippen LogP contribution in [0.2, 0.25) is 0 Å². The van der Waals surface area contributed by atoms with E-state index in [1.807, 2.05) is 72.8 Å². The molecule has 0 fully saturated rings. The van der Waals surface area contributed by atoms with Crippen LogP contribution in [-0.2, 0) is 4.79 Å². The lowest BCUT2D eigenvalue weighted by molar-refractivity contribution is -0.116. The number of rotatable bonds is 6. The van der Waals surface area contributed by atoms with E-state index in [-0.39, 0.29) is 18.2 Å². The van der Waals surface area contributed by atoms with Gasteiger partial charge in [0.25, 0.3) is 5.91 Å². The third-order valence-electron chi connectivity index (χ3n) is 4.06. The van der Waals surface area contributed by atoms with E-state index in [0.717, 1.165) is 14.8 Å². The summed E-state index contributed by atoms with van der Waals surface area (Å²) in [5.74, 6) is -0.357. The number of hydrogen-bond acceptors (Lipinski definition) is 2. The van der Waals surface area contributed by atoms with Crippen molar-refractivity contribution in [2.24, 2.45) is 0 Å². The fourth-order valence-electron chi connectivity index (χ4n) is 2.70. The minimum atomic E-state index is -0.414. The third kappa shape index (κ3) is 5.65. The lowest BCUT2D eigenvalue weighted by Gasteiger charge is -2.19. The zero-order valence-electron chi connectivity index (χ0n) is 14.6. The Hall–Kier alpha value is -2.67. The van der Waals surface area contributed by atoms with Crippen LogP contribution in [0, 0.1) is 3.57 Å². The van der Waals surface area contributed by atoms with E-state index in [2.05, 4.69) is 33.2 Å². The maximum absolute atomic E-state index is 12.6. The normalized spacial score (nSPS) is 11.4. The van der Waals surface area contributed by atoms with E-state index >= 15 is 0 Å². The zero-order valence-corrected chi connectivity index (χ0v) is 16.7. The van der Waals surface area contributed by atoms with Gasteiger partial charge in [-0.3, -0.25) is 9.59 Å². The maximum atomic E-state index is 12.6. The highest BCUT2D eigenvalue weighted by atomic mass is 127. The molecule has 0 aliphatic rings. The summed E-state index contributed by atoms with van der Waals surface area (Å²) in [4.78, 5) is 25.1. The predicted molar refractivity (Wildman–Crippen MR) is 115 cm³/mol. The van der Waals surface area contributed by atoms with E-state index in [1.165, 1.54) is 0 Å². The highest BCUT2D eigenvalue weighted by Gasteiger charge is 2.19. The number of halogens is 1. The van der Waals surface area contributed by atoms with Crippen LogP contribution in [0.1, 0.15) is 28.4 Å². The molecule has 0 saturated carbocycles. The number of hydrogen-bond donors (Lipinski definition) is 2. The second kappa shape index (κ2) is 9.32. The van der Waals surface area contributed by atoms with Gasteiger partial charge in [-0.2, -0.15) is 0 Å². The van der Waals surface area contributed by atoms with Gasteiger partial charge in [0.2, 0.25) is 5.91 Å². The molecule has 0 aliphatic carbocycles. The minimum absolute atomic E-state index is 0.147. The fraction of sp³-hybridized carbons (Fsp3) is 0.0909. The lowest BCUT2D eigenvalue weighted by Crippen LogP contribution is -2.31. The summed E-state index contributed by atoms with van der Waals surface area (Å²) in [6.07, 6.45) is 0.147. The van der Waals surface area contributed by atoms with Gasteiger partial charge in [-0.05, 0) is 64.6 Å². The van der Waals surface area contributed by atoms with Gasteiger partial charge in [0, 0.05) is 14.8 Å². The molecule has 136 valence electrons. The zero-order chi connectivity index (χ0) is 19.1. The predicted octanol–water partition coefficient (Wildman–Crippen LogP) is 4.79. The van der Waals surface area contributed by atoms with Gasteiger partial charge in [-0.25, -0.2) is 0 Å². The molecular weight excluding hydrogens is 451 g/mol. The van der Waals surface area contributed by atoms with Crippen LogP contribution in [0.5, 0.6) is 0 Å². The van der Waals surface area contributed by atoms with Crippen molar-refractivity contribution in [1.29, 1.82) is 0 Å². The lowest BCUT2D eigenvalue weighted by atomic mass is 10.0. The summed E-state index contributed by atoms with van der Waals surface area (Å²) in [6.45, 7) is 0.